The van der Waals surface area contributed by atoms with Crippen LogP contribution in [0.3, 0.4) is 0 Å². The molecule has 0 atom stereocenters. The van der Waals surface area contributed by atoms with Crippen LogP contribution < -0.4 is 5.32 Å². The van der Waals surface area contributed by atoms with Gasteiger partial charge < -0.3 is 5.32 Å². The van der Waals surface area contributed by atoms with Gasteiger partial charge in [0.25, 0.3) is 0 Å². The van der Waals surface area contributed by atoms with Crippen LogP contribution in [0.15, 0.2) is 11.6 Å². The first-order chi connectivity index (χ1) is 6.34. The van der Waals surface area contributed by atoms with Crippen molar-refractivity contribution in [1.82, 2.24) is 5.32 Å². The standard InChI is InChI=1S/C11H17NO/c13-11(12-10-6-7-10)8-9-4-2-1-3-5-9/h8,10H,1-7H2,(H,12,13). The number of allylic oxidation sites excluding steroid dienone is 1. The van der Waals surface area contributed by atoms with Gasteiger partial charge in [0.05, 0.1) is 0 Å². The summed E-state index contributed by atoms with van der Waals surface area (Å²) in [6, 6.07) is 0.493. The van der Waals surface area contributed by atoms with E-state index in [2.05, 4.69) is 5.32 Å². The fourth-order valence-electron chi connectivity index (χ4n) is 1.81. The van der Waals surface area contributed by atoms with Gasteiger partial charge in [-0.2, -0.15) is 0 Å². The number of rotatable bonds is 2. The molecule has 2 fully saturated rings. The minimum Gasteiger partial charge on any atom is -0.350 e. The van der Waals surface area contributed by atoms with Gasteiger partial charge in [-0.3, -0.25) is 4.79 Å². The van der Waals surface area contributed by atoms with Crippen molar-refractivity contribution >= 4 is 5.91 Å². The Labute approximate surface area is 79.4 Å². The van der Waals surface area contributed by atoms with E-state index < -0.39 is 0 Å². The summed E-state index contributed by atoms with van der Waals surface area (Å²) in [7, 11) is 0. The van der Waals surface area contributed by atoms with Gasteiger partial charge in [-0.25, -0.2) is 0 Å². The Balaban J connectivity index is 1.81. The molecule has 0 heterocycles. The second-order valence-corrected chi connectivity index (χ2v) is 4.15. The summed E-state index contributed by atoms with van der Waals surface area (Å²) in [5.74, 6) is 0.138. The van der Waals surface area contributed by atoms with Gasteiger partial charge >= 0.3 is 0 Å². The molecule has 2 aliphatic carbocycles. The van der Waals surface area contributed by atoms with Crippen molar-refractivity contribution in [2.75, 3.05) is 0 Å². The van der Waals surface area contributed by atoms with E-state index in [-0.39, 0.29) is 5.91 Å². The van der Waals surface area contributed by atoms with Gasteiger partial charge in [-0.05, 0) is 38.5 Å². The van der Waals surface area contributed by atoms with E-state index >= 15 is 0 Å². The van der Waals surface area contributed by atoms with Gasteiger partial charge in [-0.15, -0.1) is 0 Å². The van der Waals surface area contributed by atoms with Gasteiger partial charge in [0.2, 0.25) is 5.91 Å². The van der Waals surface area contributed by atoms with E-state index in [1.807, 2.05) is 6.08 Å². The van der Waals surface area contributed by atoms with Crippen molar-refractivity contribution in [2.45, 2.75) is 51.0 Å². The lowest BCUT2D eigenvalue weighted by Gasteiger charge is -2.12. The largest absolute Gasteiger partial charge is 0.350 e. The Morgan fingerprint density at radius 1 is 1.23 bits per heavy atom. The zero-order chi connectivity index (χ0) is 9.10. The third-order valence-corrected chi connectivity index (χ3v) is 2.75. The molecule has 2 heteroatoms. The van der Waals surface area contributed by atoms with Crippen LogP contribution >= 0.6 is 0 Å². The van der Waals surface area contributed by atoms with Gasteiger partial charge in [-0.1, -0.05) is 12.0 Å². The van der Waals surface area contributed by atoms with Crippen molar-refractivity contribution < 1.29 is 4.79 Å². The van der Waals surface area contributed by atoms with Crippen LogP contribution in [-0.4, -0.2) is 11.9 Å². The molecule has 0 radical (unpaired) electrons. The Hall–Kier alpha value is -0.790. The first-order valence-electron chi connectivity index (χ1n) is 5.34. The fourth-order valence-corrected chi connectivity index (χ4v) is 1.81. The Morgan fingerprint density at radius 2 is 1.92 bits per heavy atom. The van der Waals surface area contributed by atoms with Crippen LogP contribution in [-0.2, 0) is 4.79 Å². The van der Waals surface area contributed by atoms with Crippen molar-refractivity contribution in [3.05, 3.63) is 11.6 Å². The summed E-state index contributed by atoms with van der Waals surface area (Å²) >= 11 is 0. The molecular weight excluding hydrogens is 162 g/mol. The molecule has 2 saturated carbocycles. The molecule has 2 nitrogen and oxygen atoms in total. The molecule has 2 rings (SSSR count). The molecule has 0 bridgehead atoms. The molecule has 2 aliphatic rings. The van der Waals surface area contributed by atoms with Gasteiger partial charge in [0.15, 0.2) is 0 Å². The van der Waals surface area contributed by atoms with Gasteiger partial charge in [0, 0.05) is 12.1 Å². The molecule has 0 spiro atoms. The predicted octanol–water partition coefficient (Wildman–Crippen LogP) is 2.16. The summed E-state index contributed by atoms with van der Waals surface area (Å²) in [5, 5.41) is 2.99. The summed E-state index contributed by atoms with van der Waals surface area (Å²) < 4.78 is 0. The smallest absolute Gasteiger partial charge is 0.244 e. The van der Waals surface area contributed by atoms with E-state index in [4.69, 9.17) is 0 Å². The minimum atomic E-state index is 0.138. The number of carbonyl (C=O) groups is 1. The average molecular weight is 179 g/mol. The van der Waals surface area contributed by atoms with Crippen molar-refractivity contribution in [2.24, 2.45) is 0 Å². The van der Waals surface area contributed by atoms with E-state index in [1.54, 1.807) is 0 Å². The number of carbonyl (C=O) groups excluding carboxylic acids is 1. The highest BCUT2D eigenvalue weighted by molar-refractivity contribution is 5.88. The summed E-state index contributed by atoms with van der Waals surface area (Å²) in [6.45, 7) is 0. The highest BCUT2D eigenvalue weighted by Gasteiger charge is 2.22. The van der Waals surface area contributed by atoms with Crippen molar-refractivity contribution in [3.8, 4) is 0 Å². The summed E-state index contributed by atoms with van der Waals surface area (Å²) in [6.07, 6.45) is 10.3. The third-order valence-electron chi connectivity index (χ3n) is 2.75. The van der Waals surface area contributed by atoms with E-state index in [0.717, 1.165) is 12.8 Å². The van der Waals surface area contributed by atoms with Crippen molar-refractivity contribution in [3.63, 3.8) is 0 Å². The van der Waals surface area contributed by atoms with Gasteiger partial charge in [0.1, 0.15) is 0 Å². The zero-order valence-electron chi connectivity index (χ0n) is 8.01. The van der Waals surface area contributed by atoms with Crippen LogP contribution in [0.5, 0.6) is 0 Å². The molecule has 0 saturated heterocycles. The topological polar surface area (TPSA) is 29.1 Å². The second-order valence-electron chi connectivity index (χ2n) is 4.15. The molecule has 0 aromatic rings. The quantitative estimate of drug-likeness (QED) is 0.647. The summed E-state index contributed by atoms with van der Waals surface area (Å²) in [4.78, 5) is 11.4. The number of nitrogens with one attached hydrogen (secondary N) is 1. The minimum absolute atomic E-state index is 0.138. The van der Waals surface area contributed by atoms with Crippen LogP contribution in [0.4, 0.5) is 0 Å². The van der Waals surface area contributed by atoms with E-state index in [0.29, 0.717) is 6.04 Å². The maximum absolute atomic E-state index is 11.4. The number of amides is 1. The SMILES string of the molecule is O=C(C=C1CCCCC1)NC1CC1. The maximum Gasteiger partial charge on any atom is 0.244 e. The molecule has 0 aromatic heterocycles. The fraction of sp³-hybridized carbons (Fsp3) is 0.727. The average Bonchev–Trinajstić information content (AvgIpc) is 2.90. The zero-order valence-corrected chi connectivity index (χ0v) is 8.01. The van der Waals surface area contributed by atoms with Crippen LogP contribution in [0.2, 0.25) is 0 Å². The molecule has 0 unspecified atom stereocenters. The van der Waals surface area contributed by atoms with E-state index in [1.165, 1.54) is 37.7 Å². The number of hydrogen-bond donors (Lipinski definition) is 1. The van der Waals surface area contributed by atoms with E-state index in [9.17, 15) is 4.79 Å². The van der Waals surface area contributed by atoms with Crippen LogP contribution in [0.1, 0.15) is 44.9 Å². The molecule has 0 aromatic carbocycles. The van der Waals surface area contributed by atoms with Crippen LogP contribution in [0.25, 0.3) is 0 Å². The monoisotopic (exact) mass is 179 g/mol. The predicted molar refractivity (Wildman–Crippen MR) is 52.3 cm³/mol. The maximum atomic E-state index is 11.4. The molecule has 1 amide bonds. The summed E-state index contributed by atoms with van der Waals surface area (Å²) in [5.41, 5.74) is 1.35. The first kappa shape index (κ1) is 8.79. The number of hydrogen-bond acceptors (Lipinski definition) is 1. The molecule has 72 valence electrons. The Morgan fingerprint density at radius 3 is 2.54 bits per heavy atom. The molecule has 0 aliphatic heterocycles. The normalized spacial score (nSPS) is 22.6. The van der Waals surface area contributed by atoms with Crippen LogP contribution in [0, 0.1) is 0 Å². The lowest BCUT2D eigenvalue weighted by Crippen LogP contribution is -2.23. The lowest BCUT2D eigenvalue weighted by molar-refractivity contribution is -0.116. The Bertz CT molecular complexity index is 220. The highest BCUT2D eigenvalue weighted by atomic mass is 16.1. The third kappa shape index (κ3) is 2.87. The molecular formula is C11H17NO. The molecule has 13 heavy (non-hydrogen) atoms. The van der Waals surface area contributed by atoms with Crippen molar-refractivity contribution in [1.29, 1.82) is 0 Å². The second kappa shape index (κ2) is 3.95. The first-order valence-corrected chi connectivity index (χ1v) is 5.34. The lowest BCUT2D eigenvalue weighted by atomic mass is 9.95. The highest BCUT2D eigenvalue weighted by Crippen LogP contribution is 2.23. The Kier molecular flexibility index (Phi) is 2.67. The molecule has 1 N–H and O–H groups in total.